The van der Waals surface area contributed by atoms with Crippen molar-refractivity contribution in [1.29, 1.82) is 0 Å². The summed E-state index contributed by atoms with van der Waals surface area (Å²) in [6.07, 6.45) is 0.277. The number of carboxylic acid groups (broad SMARTS) is 1. The van der Waals surface area contributed by atoms with Crippen molar-refractivity contribution in [3.63, 3.8) is 0 Å². The van der Waals surface area contributed by atoms with Gasteiger partial charge in [0.2, 0.25) is 5.91 Å². The zero-order chi connectivity index (χ0) is 11.7. The monoisotopic (exact) mass is 221 g/mol. The van der Waals surface area contributed by atoms with Crippen LogP contribution in [0.15, 0.2) is 18.2 Å². The van der Waals surface area contributed by atoms with Gasteiger partial charge in [0.25, 0.3) is 0 Å². The molecule has 84 valence electrons. The number of amides is 1. The number of hydrogen-bond acceptors (Lipinski definition) is 4. The number of rotatable bonds is 2. The van der Waals surface area contributed by atoms with Crippen LogP contribution in [0.1, 0.15) is 16.9 Å². The SMILES string of the molecule is NC1CC(=O)N(c2cccc(C(=O)O)n2)C1. The average molecular weight is 221 g/mol. The van der Waals surface area contributed by atoms with Crippen molar-refractivity contribution in [2.75, 3.05) is 11.4 Å². The summed E-state index contributed by atoms with van der Waals surface area (Å²) in [7, 11) is 0. The molecule has 1 atom stereocenters. The van der Waals surface area contributed by atoms with Crippen molar-refractivity contribution >= 4 is 17.7 Å². The highest BCUT2D eigenvalue weighted by Gasteiger charge is 2.29. The molecule has 0 radical (unpaired) electrons. The Kier molecular flexibility index (Phi) is 2.57. The Balaban J connectivity index is 2.30. The van der Waals surface area contributed by atoms with Crippen molar-refractivity contribution in [2.24, 2.45) is 5.73 Å². The Hall–Kier alpha value is -1.95. The minimum atomic E-state index is -1.11. The number of carboxylic acids is 1. The molecule has 1 unspecified atom stereocenters. The van der Waals surface area contributed by atoms with Crippen molar-refractivity contribution in [2.45, 2.75) is 12.5 Å². The first-order valence-electron chi connectivity index (χ1n) is 4.84. The maximum Gasteiger partial charge on any atom is 0.354 e. The third kappa shape index (κ3) is 1.87. The number of aromatic nitrogens is 1. The average Bonchev–Trinajstić information content (AvgIpc) is 2.58. The number of pyridine rings is 1. The van der Waals surface area contributed by atoms with Gasteiger partial charge in [-0.05, 0) is 12.1 Å². The predicted octanol–water partition coefficient (Wildman–Crippen LogP) is -0.156. The number of anilines is 1. The molecule has 1 fully saturated rings. The first-order valence-corrected chi connectivity index (χ1v) is 4.84. The molecule has 1 saturated heterocycles. The number of carbonyl (C=O) groups is 2. The van der Waals surface area contributed by atoms with Gasteiger partial charge in [0, 0.05) is 19.0 Å². The second-order valence-corrected chi connectivity index (χ2v) is 3.65. The molecule has 0 spiro atoms. The fraction of sp³-hybridized carbons (Fsp3) is 0.300. The van der Waals surface area contributed by atoms with Gasteiger partial charge in [-0.1, -0.05) is 6.07 Å². The molecular formula is C10H11N3O3. The van der Waals surface area contributed by atoms with Gasteiger partial charge in [0.15, 0.2) is 5.69 Å². The smallest absolute Gasteiger partial charge is 0.354 e. The first-order chi connectivity index (χ1) is 7.58. The molecule has 6 nitrogen and oxygen atoms in total. The minimum absolute atomic E-state index is 0.0780. The van der Waals surface area contributed by atoms with Gasteiger partial charge in [0.1, 0.15) is 5.82 Å². The summed E-state index contributed by atoms with van der Waals surface area (Å²) in [5.41, 5.74) is 5.57. The molecular weight excluding hydrogens is 210 g/mol. The second kappa shape index (κ2) is 3.90. The summed E-state index contributed by atoms with van der Waals surface area (Å²) < 4.78 is 0. The molecule has 0 aliphatic carbocycles. The fourth-order valence-electron chi connectivity index (χ4n) is 1.65. The van der Waals surface area contributed by atoms with Crippen LogP contribution in [-0.4, -0.2) is 34.6 Å². The van der Waals surface area contributed by atoms with E-state index in [1.807, 2.05) is 0 Å². The van der Waals surface area contributed by atoms with Crippen LogP contribution in [0.4, 0.5) is 5.82 Å². The van der Waals surface area contributed by atoms with Gasteiger partial charge in [0.05, 0.1) is 0 Å². The standard InChI is InChI=1S/C10H11N3O3/c11-6-4-9(14)13(5-6)8-3-1-2-7(12-8)10(15)16/h1-3,6H,4-5,11H2,(H,15,16). The highest BCUT2D eigenvalue weighted by molar-refractivity contribution is 5.96. The summed E-state index contributed by atoms with van der Waals surface area (Å²) in [6, 6.07) is 4.33. The fourth-order valence-corrected chi connectivity index (χ4v) is 1.65. The molecule has 16 heavy (non-hydrogen) atoms. The van der Waals surface area contributed by atoms with E-state index in [2.05, 4.69) is 4.98 Å². The number of aromatic carboxylic acids is 1. The van der Waals surface area contributed by atoms with E-state index < -0.39 is 5.97 Å². The second-order valence-electron chi connectivity index (χ2n) is 3.65. The van der Waals surface area contributed by atoms with Crippen LogP contribution in [-0.2, 0) is 4.79 Å². The first kappa shape index (κ1) is 10.6. The molecule has 0 bridgehead atoms. The molecule has 1 aliphatic heterocycles. The number of carbonyl (C=O) groups excluding carboxylic acids is 1. The molecule has 1 aromatic heterocycles. The van der Waals surface area contributed by atoms with E-state index in [4.69, 9.17) is 10.8 Å². The Labute approximate surface area is 91.7 Å². The lowest BCUT2D eigenvalue weighted by molar-refractivity contribution is -0.117. The van der Waals surface area contributed by atoms with E-state index in [9.17, 15) is 9.59 Å². The van der Waals surface area contributed by atoms with E-state index in [-0.39, 0.29) is 24.1 Å². The molecule has 1 amide bonds. The van der Waals surface area contributed by atoms with Gasteiger partial charge in [-0.3, -0.25) is 9.69 Å². The molecule has 1 aromatic rings. The normalized spacial score (nSPS) is 20.2. The minimum Gasteiger partial charge on any atom is -0.477 e. The van der Waals surface area contributed by atoms with E-state index in [0.29, 0.717) is 12.4 Å². The predicted molar refractivity (Wildman–Crippen MR) is 56.1 cm³/mol. The van der Waals surface area contributed by atoms with Gasteiger partial charge in [-0.25, -0.2) is 9.78 Å². The van der Waals surface area contributed by atoms with Crippen LogP contribution in [0.3, 0.4) is 0 Å². The number of nitrogens with two attached hydrogens (primary N) is 1. The van der Waals surface area contributed by atoms with E-state index in [0.717, 1.165) is 0 Å². The van der Waals surface area contributed by atoms with Crippen molar-refractivity contribution < 1.29 is 14.7 Å². The van der Waals surface area contributed by atoms with Crippen molar-refractivity contribution in [3.8, 4) is 0 Å². The molecule has 0 saturated carbocycles. The Morgan fingerprint density at radius 2 is 2.31 bits per heavy atom. The number of hydrogen-bond donors (Lipinski definition) is 2. The summed E-state index contributed by atoms with van der Waals surface area (Å²) in [5.74, 6) is -0.891. The summed E-state index contributed by atoms with van der Waals surface area (Å²) in [6.45, 7) is 0.384. The lowest BCUT2D eigenvalue weighted by Gasteiger charge is -2.14. The van der Waals surface area contributed by atoms with Crippen LogP contribution in [0, 0.1) is 0 Å². The van der Waals surface area contributed by atoms with Gasteiger partial charge >= 0.3 is 5.97 Å². The van der Waals surface area contributed by atoms with Gasteiger partial charge in [-0.2, -0.15) is 0 Å². The lowest BCUT2D eigenvalue weighted by atomic mass is 10.3. The molecule has 0 aromatic carbocycles. The molecule has 6 heteroatoms. The zero-order valence-electron chi connectivity index (χ0n) is 8.46. The molecule has 3 N–H and O–H groups in total. The van der Waals surface area contributed by atoms with Crippen LogP contribution >= 0.6 is 0 Å². The molecule has 2 rings (SSSR count). The van der Waals surface area contributed by atoms with E-state index >= 15 is 0 Å². The molecule has 2 heterocycles. The zero-order valence-corrected chi connectivity index (χ0v) is 8.46. The third-order valence-corrected chi connectivity index (χ3v) is 2.39. The maximum absolute atomic E-state index is 11.5. The quantitative estimate of drug-likeness (QED) is 0.723. The Bertz CT molecular complexity index is 447. The topological polar surface area (TPSA) is 96.5 Å². The summed E-state index contributed by atoms with van der Waals surface area (Å²) in [4.78, 5) is 27.6. The van der Waals surface area contributed by atoms with Gasteiger partial charge in [-0.15, -0.1) is 0 Å². The van der Waals surface area contributed by atoms with E-state index in [1.165, 1.54) is 11.0 Å². The van der Waals surface area contributed by atoms with Crippen LogP contribution < -0.4 is 10.6 Å². The van der Waals surface area contributed by atoms with Crippen LogP contribution in [0.2, 0.25) is 0 Å². The molecule has 1 aliphatic rings. The van der Waals surface area contributed by atoms with Gasteiger partial charge < -0.3 is 10.8 Å². The van der Waals surface area contributed by atoms with Crippen LogP contribution in [0.5, 0.6) is 0 Å². The Morgan fingerprint density at radius 3 is 2.88 bits per heavy atom. The van der Waals surface area contributed by atoms with Crippen molar-refractivity contribution in [1.82, 2.24) is 4.98 Å². The lowest BCUT2D eigenvalue weighted by Crippen LogP contribution is -2.29. The van der Waals surface area contributed by atoms with Crippen LogP contribution in [0.25, 0.3) is 0 Å². The highest BCUT2D eigenvalue weighted by atomic mass is 16.4. The van der Waals surface area contributed by atoms with Crippen molar-refractivity contribution in [3.05, 3.63) is 23.9 Å². The third-order valence-electron chi connectivity index (χ3n) is 2.39. The van der Waals surface area contributed by atoms with E-state index in [1.54, 1.807) is 12.1 Å². The summed E-state index contributed by atoms with van der Waals surface area (Å²) in [5, 5.41) is 8.78. The maximum atomic E-state index is 11.5. The Morgan fingerprint density at radius 1 is 1.56 bits per heavy atom. The largest absolute Gasteiger partial charge is 0.477 e. The highest BCUT2D eigenvalue weighted by Crippen LogP contribution is 2.18. The number of nitrogens with zero attached hydrogens (tertiary/aromatic N) is 2. The summed E-state index contributed by atoms with van der Waals surface area (Å²) >= 11 is 0.